The molecule has 0 unspecified atom stereocenters. The van der Waals surface area contributed by atoms with Crippen LogP contribution in [0.4, 0.5) is 0 Å². The van der Waals surface area contributed by atoms with E-state index in [-0.39, 0.29) is 6.61 Å². The summed E-state index contributed by atoms with van der Waals surface area (Å²) in [6.45, 7) is 0.267. The monoisotopic (exact) mass is 323 g/mol. The van der Waals surface area contributed by atoms with E-state index < -0.39 is 0 Å². The first-order valence-electron chi connectivity index (χ1n) is 8.50. The second kappa shape index (κ2) is 6.61. The summed E-state index contributed by atoms with van der Waals surface area (Å²) in [6.07, 6.45) is 9.85. The van der Waals surface area contributed by atoms with Crippen molar-refractivity contribution >= 4 is 0 Å². The van der Waals surface area contributed by atoms with Crippen LogP contribution in [0.5, 0.6) is 0 Å². The molecular formula is C19H21N3O2. The maximum Gasteiger partial charge on any atom is 0.226 e. The highest BCUT2D eigenvalue weighted by molar-refractivity contribution is 5.58. The van der Waals surface area contributed by atoms with E-state index in [4.69, 9.17) is 4.42 Å². The third kappa shape index (κ3) is 2.87. The first kappa shape index (κ1) is 15.1. The molecule has 1 aliphatic carbocycles. The van der Waals surface area contributed by atoms with Crippen molar-refractivity contribution in [2.45, 2.75) is 31.7 Å². The first-order valence-corrected chi connectivity index (χ1v) is 8.50. The van der Waals surface area contributed by atoms with E-state index in [1.165, 1.54) is 0 Å². The second-order valence-electron chi connectivity index (χ2n) is 6.43. The zero-order valence-electron chi connectivity index (χ0n) is 13.5. The normalized spacial score (nSPS) is 21.0. The number of nitrogens with zero attached hydrogens (tertiary/aromatic N) is 3. The van der Waals surface area contributed by atoms with Gasteiger partial charge < -0.3 is 14.1 Å². The zero-order chi connectivity index (χ0) is 16.4. The van der Waals surface area contributed by atoms with Gasteiger partial charge in [0.2, 0.25) is 5.89 Å². The number of aliphatic hydroxyl groups is 1. The number of imidazole rings is 1. The Morgan fingerprint density at radius 3 is 2.92 bits per heavy atom. The fourth-order valence-electron chi connectivity index (χ4n) is 3.58. The third-order valence-corrected chi connectivity index (χ3v) is 4.83. The van der Waals surface area contributed by atoms with Gasteiger partial charge in [0.05, 0.1) is 0 Å². The number of hydrogen-bond acceptors (Lipinski definition) is 4. The Bertz CT molecular complexity index is 794. The summed E-state index contributed by atoms with van der Waals surface area (Å²) in [5, 5.41) is 9.47. The summed E-state index contributed by atoms with van der Waals surface area (Å²) in [5.41, 5.74) is 1.71. The van der Waals surface area contributed by atoms with Crippen molar-refractivity contribution in [3.05, 3.63) is 49.0 Å². The van der Waals surface area contributed by atoms with E-state index in [9.17, 15) is 5.11 Å². The molecule has 0 aliphatic heterocycles. The molecule has 0 saturated heterocycles. The average Bonchev–Trinajstić information content (AvgIpc) is 3.31. The molecule has 1 aliphatic rings. The Morgan fingerprint density at radius 1 is 1.21 bits per heavy atom. The molecule has 2 aromatic heterocycles. The molecule has 0 radical (unpaired) electrons. The van der Waals surface area contributed by atoms with Gasteiger partial charge in [0, 0.05) is 30.6 Å². The highest BCUT2D eigenvalue weighted by Gasteiger charge is 2.25. The SMILES string of the molecule is OC[C@H]1CCC[C@@H](n2ccnc2-c2coc(-c3ccccc3)n2)C1. The van der Waals surface area contributed by atoms with Crippen molar-refractivity contribution in [2.75, 3.05) is 6.61 Å². The Hall–Kier alpha value is -2.40. The fraction of sp³-hybridized carbons (Fsp3) is 0.368. The van der Waals surface area contributed by atoms with Crippen LogP contribution in [0, 0.1) is 5.92 Å². The van der Waals surface area contributed by atoms with Gasteiger partial charge in [-0.2, -0.15) is 0 Å². The van der Waals surface area contributed by atoms with Gasteiger partial charge in [-0.05, 0) is 37.3 Å². The Labute approximate surface area is 141 Å². The predicted octanol–water partition coefficient (Wildman–Crippen LogP) is 3.93. The smallest absolute Gasteiger partial charge is 0.226 e. The van der Waals surface area contributed by atoms with E-state index in [1.54, 1.807) is 6.26 Å². The molecule has 1 saturated carbocycles. The van der Waals surface area contributed by atoms with Gasteiger partial charge in [-0.15, -0.1) is 0 Å². The highest BCUT2D eigenvalue weighted by Crippen LogP contribution is 2.35. The van der Waals surface area contributed by atoms with Crippen molar-refractivity contribution in [3.8, 4) is 23.0 Å². The number of aliphatic hydroxyl groups excluding tert-OH is 1. The molecule has 2 heterocycles. The van der Waals surface area contributed by atoms with Crippen LogP contribution in [0.15, 0.2) is 53.4 Å². The van der Waals surface area contributed by atoms with Crippen LogP contribution in [-0.2, 0) is 0 Å². The Balaban J connectivity index is 1.62. The summed E-state index contributed by atoms with van der Waals surface area (Å²) in [5.74, 6) is 1.83. The molecule has 1 aromatic carbocycles. The molecule has 0 bridgehead atoms. The van der Waals surface area contributed by atoms with Gasteiger partial charge in [0.1, 0.15) is 12.0 Å². The second-order valence-corrected chi connectivity index (χ2v) is 6.43. The van der Waals surface area contributed by atoms with Gasteiger partial charge in [-0.1, -0.05) is 24.6 Å². The van der Waals surface area contributed by atoms with Crippen molar-refractivity contribution in [2.24, 2.45) is 5.92 Å². The van der Waals surface area contributed by atoms with Crippen LogP contribution < -0.4 is 0 Å². The molecule has 3 aromatic rings. The number of benzene rings is 1. The number of rotatable bonds is 4. The maximum absolute atomic E-state index is 9.47. The van der Waals surface area contributed by atoms with Gasteiger partial charge in [-0.25, -0.2) is 9.97 Å². The zero-order valence-corrected chi connectivity index (χ0v) is 13.5. The lowest BCUT2D eigenvalue weighted by Gasteiger charge is -2.29. The van der Waals surface area contributed by atoms with E-state index in [1.807, 2.05) is 42.7 Å². The molecule has 0 amide bonds. The molecule has 124 valence electrons. The fourth-order valence-corrected chi connectivity index (χ4v) is 3.58. The standard InChI is InChI=1S/C19H21N3O2/c23-12-14-5-4-8-16(11-14)22-10-9-20-18(22)17-13-24-19(21-17)15-6-2-1-3-7-15/h1-3,6-7,9-10,13-14,16,23H,4-5,8,11-12H2/t14-,16+/m0/s1. The molecule has 1 fully saturated rings. The minimum Gasteiger partial charge on any atom is -0.444 e. The van der Waals surface area contributed by atoms with Crippen molar-refractivity contribution in [1.29, 1.82) is 0 Å². The number of aromatic nitrogens is 3. The summed E-state index contributed by atoms with van der Waals surface area (Å²) < 4.78 is 7.84. The average molecular weight is 323 g/mol. The summed E-state index contributed by atoms with van der Waals surface area (Å²) in [6, 6.07) is 10.2. The van der Waals surface area contributed by atoms with E-state index in [0.29, 0.717) is 17.9 Å². The van der Waals surface area contributed by atoms with Crippen molar-refractivity contribution in [1.82, 2.24) is 14.5 Å². The minimum atomic E-state index is 0.267. The van der Waals surface area contributed by atoms with E-state index in [0.717, 1.165) is 42.8 Å². The molecule has 5 heteroatoms. The quantitative estimate of drug-likeness (QED) is 0.790. The Kier molecular flexibility index (Phi) is 4.17. The van der Waals surface area contributed by atoms with Crippen LogP contribution >= 0.6 is 0 Å². The lowest BCUT2D eigenvalue weighted by molar-refractivity contribution is 0.163. The van der Waals surface area contributed by atoms with Crippen LogP contribution in [0.3, 0.4) is 0 Å². The summed E-state index contributed by atoms with van der Waals surface area (Å²) >= 11 is 0. The topological polar surface area (TPSA) is 64.1 Å². The van der Waals surface area contributed by atoms with Crippen LogP contribution in [0.2, 0.25) is 0 Å². The lowest BCUT2D eigenvalue weighted by Crippen LogP contribution is -2.21. The molecular weight excluding hydrogens is 302 g/mol. The highest BCUT2D eigenvalue weighted by atomic mass is 16.3. The molecule has 24 heavy (non-hydrogen) atoms. The van der Waals surface area contributed by atoms with Gasteiger partial charge >= 0.3 is 0 Å². The third-order valence-electron chi connectivity index (χ3n) is 4.83. The minimum absolute atomic E-state index is 0.267. The molecule has 5 nitrogen and oxygen atoms in total. The van der Waals surface area contributed by atoms with Crippen LogP contribution in [0.1, 0.15) is 31.7 Å². The maximum atomic E-state index is 9.47. The molecule has 2 atom stereocenters. The lowest BCUT2D eigenvalue weighted by atomic mass is 9.86. The van der Waals surface area contributed by atoms with Crippen LogP contribution in [-0.4, -0.2) is 26.2 Å². The molecule has 4 rings (SSSR count). The molecule has 0 spiro atoms. The number of oxazole rings is 1. The first-order chi connectivity index (χ1) is 11.8. The predicted molar refractivity (Wildman–Crippen MR) is 91.2 cm³/mol. The van der Waals surface area contributed by atoms with Gasteiger partial charge in [-0.3, -0.25) is 0 Å². The Morgan fingerprint density at radius 2 is 2.08 bits per heavy atom. The van der Waals surface area contributed by atoms with Crippen LogP contribution in [0.25, 0.3) is 23.0 Å². The largest absolute Gasteiger partial charge is 0.444 e. The summed E-state index contributed by atoms with van der Waals surface area (Å²) in [4.78, 5) is 9.12. The van der Waals surface area contributed by atoms with Gasteiger partial charge in [0.25, 0.3) is 0 Å². The number of hydrogen-bond donors (Lipinski definition) is 1. The van der Waals surface area contributed by atoms with E-state index in [2.05, 4.69) is 14.5 Å². The van der Waals surface area contributed by atoms with Gasteiger partial charge in [0.15, 0.2) is 5.82 Å². The van der Waals surface area contributed by atoms with Crippen molar-refractivity contribution < 1.29 is 9.52 Å². The van der Waals surface area contributed by atoms with Crippen molar-refractivity contribution in [3.63, 3.8) is 0 Å². The van der Waals surface area contributed by atoms with E-state index >= 15 is 0 Å². The molecule has 1 N–H and O–H groups in total. The summed E-state index contributed by atoms with van der Waals surface area (Å²) in [7, 11) is 0.